The summed E-state index contributed by atoms with van der Waals surface area (Å²) in [5.41, 5.74) is -0.410. The summed E-state index contributed by atoms with van der Waals surface area (Å²) in [6.45, 7) is 0. The van der Waals surface area contributed by atoms with Crippen LogP contribution >= 0.6 is 0 Å². The SMILES string of the molecule is O=c1nc(/C2=C/C=C\C=C/C=C\C2)[nH]c(=O)[nH]1. The minimum atomic E-state index is -0.643. The second-order valence-corrected chi connectivity index (χ2v) is 3.44. The van der Waals surface area contributed by atoms with Crippen LogP contribution < -0.4 is 11.4 Å². The number of H-pyrrole nitrogens is 2. The molecule has 0 fully saturated rings. The van der Waals surface area contributed by atoms with Gasteiger partial charge in [0.2, 0.25) is 0 Å². The van der Waals surface area contributed by atoms with Gasteiger partial charge in [-0.15, -0.1) is 0 Å². The van der Waals surface area contributed by atoms with E-state index in [0.717, 1.165) is 5.57 Å². The minimum Gasteiger partial charge on any atom is -0.292 e. The number of hydrogen-bond donors (Lipinski definition) is 2. The summed E-state index contributed by atoms with van der Waals surface area (Å²) in [4.78, 5) is 30.5. The monoisotopic (exact) mass is 229 g/mol. The molecule has 0 amide bonds. The summed E-state index contributed by atoms with van der Waals surface area (Å²) in [6, 6.07) is 0. The van der Waals surface area contributed by atoms with Crippen LogP contribution in [0.5, 0.6) is 0 Å². The van der Waals surface area contributed by atoms with Crippen molar-refractivity contribution in [1.82, 2.24) is 15.0 Å². The van der Waals surface area contributed by atoms with Gasteiger partial charge in [0.15, 0.2) is 0 Å². The maximum atomic E-state index is 11.1. The van der Waals surface area contributed by atoms with Gasteiger partial charge in [-0.05, 0) is 12.0 Å². The van der Waals surface area contributed by atoms with E-state index in [0.29, 0.717) is 12.2 Å². The topological polar surface area (TPSA) is 78.6 Å². The largest absolute Gasteiger partial charge is 0.351 e. The summed E-state index contributed by atoms with van der Waals surface area (Å²) in [5.74, 6) is 0.301. The first kappa shape index (κ1) is 11.1. The van der Waals surface area contributed by atoms with Gasteiger partial charge in [-0.25, -0.2) is 9.59 Å². The van der Waals surface area contributed by atoms with Gasteiger partial charge in [-0.1, -0.05) is 42.5 Å². The summed E-state index contributed by atoms with van der Waals surface area (Å²) in [7, 11) is 0. The average molecular weight is 229 g/mol. The van der Waals surface area contributed by atoms with Crippen LogP contribution in [0, 0.1) is 0 Å². The fraction of sp³-hybridized carbons (Fsp3) is 0.0833. The van der Waals surface area contributed by atoms with Crippen LogP contribution in [-0.4, -0.2) is 15.0 Å². The normalized spacial score (nSPS) is 23.6. The van der Waals surface area contributed by atoms with E-state index in [1.807, 2.05) is 47.5 Å². The van der Waals surface area contributed by atoms with E-state index in [1.54, 1.807) is 0 Å². The van der Waals surface area contributed by atoms with E-state index < -0.39 is 11.4 Å². The lowest BCUT2D eigenvalue weighted by Gasteiger charge is -2.01. The second kappa shape index (κ2) is 5.07. The lowest BCUT2D eigenvalue weighted by molar-refractivity contribution is 0.907. The molecule has 17 heavy (non-hydrogen) atoms. The summed E-state index contributed by atoms with van der Waals surface area (Å²) < 4.78 is 0. The van der Waals surface area contributed by atoms with Gasteiger partial charge in [0.05, 0.1) is 0 Å². The van der Waals surface area contributed by atoms with Crippen molar-refractivity contribution in [2.45, 2.75) is 6.42 Å². The molecule has 0 saturated carbocycles. The fourth-order valence-electron chi connectivity index (χ4n) is 1.43. The molecule has 1 heterocycles. The van der Waals surface area contributed by atoms with Crippen molar-refractivity contribution >= 4 is 5.57 Å². The van der Waals surface area contributed by atoms with Gasteiger partial charge in [-0.2, -0.15) is 4.98 Å². The van der Waals surface area contributed by atoms with Crippen molar-refractivity contribution in [2.75, 3.05) is 0 Å². The quantitative estimate of drug-likeness (QED) is 0.751. The van der Waals surface area contributed by atoms with E-state index >= 15 is 0 Å². The number of hydrogen-bond acceptors (Lipinski definition) is 3. The lowest BCUT2D eigenvalue weighted by Crippen LogP contribution is -2.26. The first-order chi connectivity index (χ1) is 8.25. The van der Waals surface area contributed by atoms with Crippen molar-refractivity contribution in [3.63, 3.8) is 0 Å². The molecule has 0 bridgehead atoms. The van der Waals surface area contributed by atoms with Crippen LogP contribution in [0.25, 0.3) is 5.57 Å². The number of rotatable bonds is 1. The van der Waals surface area contributed by atoms with Crippen molar-refractivity contribution in [3.8, 4) is 0 Å². The summed E-state index contributed by atoms with van der Waals surface area (Å²) in [5, 5.41) is 0. The van der Waals surface area contributed by atoms with Gasteiger partial charge in [0.25, 0.3) is 0 Å². The van der Waals surface area contributed by atoms with E-state index in [2.05, 4.69) is 9.97 Å². The third kappa shape index (κ3) is 3.01. The molecule has 1 aliphatic carbocycles. The highest BCUT2D eigenvalue weighted by atomic mass is 16.2. The minimum absolute atomic E-state index is 0.301. The van der Waals surface area contributed by atoms with Crippen molar-refractivity contribution < 1.29 is 0 Å². The third-order valence-electron chi connectivity index (χ3n) is 2.19. The molecule has 0 unspecified atom stereocenters. The van der Waals surface area contributed by atoms with Crippen molar-refractivity contribution in [2.24, 2.45) is 0 Å². The maximum absolute atomic E-state index is 11.1. The molecule has 86 valence electrons. The molecule has 0 spiro atoms. The van der Waals surface area contributed by atoms with E-state index in [9.17, 15) is 9.59 Å². The highest BCUT2D eigenvalue weighted by molar-refractivity contribution is 5.62. The van der Waals surface area contributed by atoms with Crippen LogP contribution in [-0.2, 0) is 0 Å². The molecule has 0 aliphatic heterocycles. The Morgan fingerprint density at radius 1 is 1.00 bits per heavy atom. The first-order valence-electron chi connectivity index (χ1n) is 5.16. The van der Waals surface area contributed by atoms with Gasteiger partial charge in [-0.3, -0.25) is 9.97 Å². The predicted molar refractivity (Wildman–Crippen MR) is 65.5 cm³/mol. The highest BCUT2D eigenvalue weighted by Crippen LogP contribution is 2.13. The third-order valence-corrected chi connectivity index (χ3v) is 2.19. The van der Waals surface area contributed by atoms with Crippen LogP contribution in [0.1, 0.15) is 12.2 Å². The van der Waals surface area contributed by atoms with E-state index in [4.69, 9.17) is 0 Å². The van der Waals surface area contributed by atoms with Gasteiger partial charge in [0, 0.05) is 0 Å². The smallest absolute Gasteiger partial charge is 0.292 e. The van der Waals surface area contributed by atoms with Crippen LogP contribution in [0.2, 0.25) is 0 Å². The molecule has 0 atom stereocenters. The Morgan fingerprint density at radius 2 is 1.76 bits per heavy atom. The van der Waals surface area contributed by atoms with Crippen molar-refractivity contribution in [1.29, 1.82) is 0 Å². The lowest BCUT2D eigenvalue weighted by atomic mass is 10.1. The van der Waals surface area contributed by atoms with E-state index in [1.165, 1.54) is 0 Å². The van der Waals surface area contributed by atoms with Gasteiger partial charge >= 0.3 is 11.4 Å². The zero-order chi connectivity index (χ0) is 12.1. The van der Waals surface area contributed by atoms with Crippen LogP contribution in [0.4, 0.5) is 0 Å². The first-order valence-corrected chi connectivity index (χ1v) is 5.16. The average Bonchev–Trinajstić information content (AvgIpc) is 2.40. The molecule has 0 saturated heterocycles. The number of aromatic nitrogens is 3. The standard InChI is InChI=1S/C12H11N3O2/c16-11-13-10(14-12(17)15-11)9-7-5-3-1-2-4-6-8-9/h1-7H,8H2,(H2,13,14,15,16,17)/b2-1-,5-3-,6-4-,9-7+. The Hall–Kier alpha value is -2.43. The molecule has 5 heteroatoms. The van der Waals surface area contributed by atoms with Gasteiger partial charge in [0.1, 0.15) is 5.82 Å². The Bertz CT molecular complexity index is 601. The second-order valence-electron chi connectivity index (χ2n) is 3.44. The fourth-order valence-corrected chi connectivity index (χ4v) is 1.43. The molecule has 0 aromatic carbocycles. The molecule has 1 aromatic heterocycles. The number of aromatic amines is 2. The van der Waals surface area contributed by atoms with Crippen LogP contribution in [0.3, 0.4) is 0 Å². The van der Waals surface area contributed by atoms with Crippen LogP contribution in [0.15, 0.2) is 52.1 Å². The van der Waals surface area contributed by atoms with Crippen molar-refractivity contribution in [3.05, 3.63) is 69.3 Å². The zero-order valence-electron chi connectivity index (χ0n) is 9.01. The molecule has 2 rings (SSSR count). The summed E-state index contributed by atoms with van der Waals surface area (Å²) >= 11 is 0. The van der Waals surface area contributed by atoms with Gasteiger partial charge < -0.3 is 0 Å². The Balaban J connectivity index is 2.44. The molecule has 2 N–H and O–H groups in total. The molecule has 5 nitrogen and oxygen atoms in total. The highest BCUT2D eigenvalue weighted by Gasteiger charge is 2.03. The molecular formula is C12H11N3O2. The number of nitrogens with zero attached hydrogens (tertiary/aromatic N) is 1. The Kier molecular flexibility index (Phi) is 3.30. The number of allylic oxidation sites excluding steroid dienone is 8. The molecule has 1 aromatic rings. The maximum Gasteiger partial charge on any atom is 0.351 e. The zero-order valence-corrected chi connectivity index (χ0v) is 9.01. The molecule has 0 radical (unpaired) electrons. The Labute approximate surface area is 96.9 Å². The van der Waals surface area contributed by atoms with E-state index in [-0.39, 0.29) is 0 Å². The number of nitrogens with one attached hydrogen (secondary N) is 2. The predicted octanol–water partition coefficient (Wildman–Crippen LogP) is 0.914. The Morgan fingerprint density at radius 3 is 2.59 bits per heavy atom. The molecule has 1 aliphatic rings. The summed E-state index contributed by atoms with van der Waals surface area (Å²) in [6.07, 6.45) is 13.7. The molecular weight excluding hydrogens is 218 g/mol.